The molecule has 0 spiro atoms. The number of carbonyl (C=O) groups is 2. The van der Waals surface area contributed by atoms with E-state index in [1.807, 2.05) is 32.9 Å². The molecule has 0 aliphatic heterocycles. The van der Waals surface area contributed by atoms with Crippen molar-refractivity contribution in [1.29, 1.82) is 0 Å². The van der Waals surface area contributed by atoms with E-state index in [-0.39, 0.29) is 30.2 Å². The monoisotopic (exact) mass is 480 g/mol. The van der Waals surface area contributed by atoms with Gasteiger partial charge in [-0.15, -0.1) is 11.8 Å². The van der Waals surface area contributed by atoms with Gasteiger partial charge in [-0.1, -0.05) is 60.5 Å². The summed E-state index contributed by atoms with van der Waals surface area (Å²) in [7, 11) is 0. The third-order valence-corrected chi connectivity index (χ3v) is 6.63. The smallest absolute Gasteiger partial charge is 0.243 e. The predicted octanol–water partition coefficient (Wildman–Crippen LogP) is 5.87. The number of hydrogen-bond donors (Lipinski definition) is 1. The fraction of sp³-hybridized carbons (Fsp3) is 0.417. The average molecular weight is 481 g/mol. The van der Waals surface area contributed by atoms with E-state index in [0.29, 0.717) is 22.0 Å². The molecule has 7 heteroatoms. The summed E-state index contributed by atoms with van der Waals surface area (Å²) in [6.45, 7) is 7.96. The Labute approximate surface area is 199 Å². The van der Waals surface area contributed by atoms with Gasteiger partial charge in [0.25, 0.3) is 0 Å². The van der Waals surface area contributed by atoms with Crippen molar-refractivity contribution in [2.75, 3.05) is 5.75 Å². The number of thioether (sulfide) groups is 1. The second-order valence-corrected chi connectivity index (χ2v) is 9.53. The van der Waals surface area contributed by atoms with E-state index in [0.717, 1.165) is 5.75 Å². The largest absolute Gasteiger partial charge is 0.352 e. The highest BCUT2D eigenvalue weighted by Gasteiger charge is 2.29. The van der Waals surface area contributed by atoms with Gasteiger partial charge in [0, 0.05) is 33.9 Å². The molecule has 1 atom stereocenters. The molecule has 31 heavy (non-hydrogen) atoms. The van der Waals surface area contributed by atoms with E-state index in [1.54, 1.807) is 34.9 Å². The van der Waals surface area contributed by atoms with E-state index < -0.39 is 6.04 Å². The molecule has 2 aromatic rings. The Bertz CT molecular complexity index is 885. The van der Waals surface area contributed by atoms with E-state index in [9.17, 15) is 9.59 Å². The molecule has 1 N–H and O–H groups in total. The second kappa shape index (κ2) is 12.4. The normalized spacial score (nSPS) is 12.0. The Balaban J connectivity index is 2.21. The predicted molar refractivity (Wildman–Crippen MR) is 132 cm³/mol. The van der Waals surface area contributed by atoms with Crippen molar-refractivity contribution in [3.63, 3.8) is 0 Å². The molecule has 0 aliphatic carbocycles. The van der Waals surface area contributed by atoms with Crippen LogP contribution < -0.4 is 5.32 Å². The third-order valence-electron chi connectivity index (χ3n) is 4.95. The van der Waals surface area contributed by atoms with Gasteiger partial charge >= 0.3 is 0 Å². The lowest BCUT2D eigenvalue weighted by Gasteiger charge is -2.31. The third kappa shape index (κ3) is 7.44. The Morgan fingerprint density at radius 2 is 1.71 bits per heavy atom. The zero-order valence-corrected chi connectivity index (χ0v) is 20.8. The van der Waals surface area contributed by atoms with Crippen LogP contribution in [0.5, 0.6) is 0 Å². The van der Waals surface area contributed by atoms with Gasteiger partial charge in [-0.25, -0.2) is 0 Å². The summed E-state index contributed by atoms with van der Waals surface area (Å²) in [5.74, 6) is 0.717. The minimum absolute atomic E-state index is 0.0159. The van der Waals surface area contributed by atoms with Crippen LogP contribution in [0.2, 0.25) is 10.0 Å². The van der Waals surface area contributed by atoms with Gasteiger partial charge in [0.05, 0.1) is 5.75 Å². The minimum atomic E-state index is -0.596. The number of nitrogens with zero attached hydrogens (tertiary/aromatic N) is 1. The van der Waals surface area contributed by atoms with Crippen LogP contribution in [0.4, 0.5) is 0 Å². The molecule has 2 amide bonds. The van der Waals surface area contributed by atoms with Gasteiger partial charge in [0.1, 0.15) is 6.04 Å². The maximum absolute atomic E-state index is 13.3. The minimum Gasteiger partial charge on any atom is -0.352 e. The molecule has 0 saturated heterocycles. The first-order valence-electron chi connectivity index (χ1n) is 10.4. The maximum atomic E-state index is 13.3. The first kappa shape index (κ1) is 25.6. The number of carbonyl (C=O) groups excluding carboxylic acids is 2. The lowest BCUT2D eigenvalue weighted by Crippen LogP contribution is -2.51. The first-order valence-corrected chi connectivity index (χ1v) is 12.3. The summed E-state index contributed by atoms with van der Waals surface area (Å²) < 4.78 is 0. The Morgan fingerprint density at radius 1 is 1.06 bits per heavy atom. The van der Waals surface area contributed by atoms with Gasteiger partial charge in [-0.2, -0.15) is 0 Å². The number of aryl methyl sites for hydroxylation is 1. The van der Waals surface area contributed by atoms with Crippen LogP contribution in [0, 0.1) is 6.92 Å². The van der Waals surface area contributed by atoms with Crippen LogP contribution >= 0.6 is 35.0 Å². The Hall–Kier alpha value is -1.69. The molecule has 0 saturated carbocycles. The summed E-state index contributed by atoms with van der Waals surface area (Å²) in [5, 5.41) is 3.89. The number of hydrogen-bond acceptors (Lipinski definition) is 3. The van der Waals surface area contributed by atoms with Crippen LogP contribution in [0.15, 0.2) is 42.5 Å². The van der Waals surface area contributed by atoms with Gasteiger partial charge in [0.2, 0.25) is 11.8 Å². The SMILES string of the molecule is CCC(C(=O)NC(C)C)N(Cc1c(Cl)cccc1Cl)C(=O)CSCc1ccccc1C. The Morgan fingerprint density at radius 3 is 2.29 bits per heavy atom. The topological polar surface area (TPSA) is 49.4 Å². The van der Waals surface area contributed by atoms with E-state index >= 15 is 0 Å². The van der Waals surface area contributed by atoms with Crippen LogP contribution in [0.1, 0.15) is 43.9 Å². The average Bonchev–Trinajstić information content (AvgIpc) is 2.70. The lowest BCUT2D eigenvalue weighted by molar-refractivity contribution is -0.139. The summed E-state index contributed by atoms with van der Waals surface area (Å²) in [6.07, 6.45) is 0.495. The van der Waals surface area contributed by atoms with Crippen molar-refractivity contribution < 1.29 is 9.59 Å². The zero-order chi connectivity index (χ0) is 23.0. The molecule has 168 valence electrons. The maximum Gasteiger partial charge on any atom is 0.243 e. The molecule has 0 aromatic heterocycles. The van der Waals surface area contributed by atoms with Crippen molar-refractivity contribution in [2.45, 2.75) is 58.5 Å². The van der Waals surface area contributed by atoms with Crippen LogP contribution in [0.3, 0.4) is 0 Å². The highest BCUT2D eigenvalue weighted by Crippen LogP contribution is 2.27. The van der Waals surface area contributed by atoms with Crippen molar-refractivity contribution >= 4 is 46.8 Å². The summed E-state index contributed by atoms with van der Waals surface area (Å²) in [5.41, 5.74) is 3.05. The van der Waals surface area contributed by atoms with Gasteiger partial charge in [0.15, 0.2) is 0 Å². The molecule has 0 aliphatic rings. The summed E-state index contributed by atoms with van der Waals surface area (Å²) in [6, 6.07) is 12.8. The number of benzene rings is 2. The number of halogens is 2. The van der Waals surface area contributed by atoms with Crippen molar-refractivity contribution in [2.24, 2.45) is 0 Å². The molecule has 0 heterocycles. The standard InChI is InChI=1S/C24H30Cl2N2O2S/c1-5-22(24(30)27-16(2)3)28(13-19-20(25)11-8-12-21(19)26)23(29)15-31-14-18-10-7-6-9-17(18)4/h6-12,16,22H,5,13-15H2,1-4H3,(H,27,30). The van der Waals surface area contributed by atoms with E-state index in [4.69, 9.17) is 23.2 Å². The molecule has 0 radical (unpaired) electrons. The Kier molecular flexibility index (Phi) is 10.2. The number of rotatable bonds is 10. The summed E-state index contributed by atoms with van der Waals surface area (Å²) >= 11 is 14.3. The van der Waals surface area contributed by atoms with E-state index in [2.05, 4.69) is 24.4 Å². The van der Waals surface area contributed by atoms with Crippen molar-refractivity contribution in [1.82, 2.24) is 10.2 Å². The van der Waals surface area contributed by atoms with Crippen molar-refractivity contribution in [3.05, 3.63) is 69.2 Å². The molecule has 4 nitrogen and oxygen atoms in total. The molecule has 1 unspecified atom stereocenters. The molecule has 0 fully saturated rings. The fourth-order valence-electron chi connectivity index (χ4n) is 3.26. The number of nitrogens with one attached hydrogen (secondary N) is 1. The van der Waals surface area contributed by atoms with Crippen LogP contribution in [-0.2, 0) is 21.9 Å². The highest BCUT2D eigenvalue weighted by atomic mass is 35.5. The van der Waals surface area contributed by atoms with Gasteiger partial charge in [-0.3, -0.25) is 9.59 Å². The number of amides is 2. The quantitative estimate of drug-likeness (QED) is 0.462. The zero-order valence-electron chi connectivity index (χ0n) is 18.5. The summed E-state index contributed by atoms with van der Waals surface area (Å²) in [4.78, 5) is 27.7. The van der Waals surface area contributed by atoms with Crippen molar-refractivity contribution in [3.8, 4) is 0 Å². The first-order chi connectivity index (χ1) is 14.7. The van der Waals surface area contributed by atoms with Gasteiger partial charge < -0.3 is 10.2 Å². The van der Waals surface area contributed by atoms with Crippen LogP contribution in [-0.4, -0.2) is 34.6 Å². The lowest BCUT2D eigenvalue weighted by atomic mass is 10.1. The molecular formula is C24H30Cl2N2O2S. The molecule has 2 aromatic carbocycles. The molecule has 2 rings (SSSR count). The highest BCUT2D eigenvalue weighted by molar-refractivity contribution is 7.99. The van der Waals surface area contributed by atoms with Crippen LogP contribution in [0.25, 0.3) is 0 Å². The molecule has 0 bridgehead atoms. The fourth-order valence-corrected chi connectivity index (χ4v) is 4.76. The molecular weight excluding hydrogens is 451 g/mol. The second-order valence-electron chi connectivity index (χ2n) is 7.73. The van der Waals surface area contributed by atoms with Gasteiger partial charge in [-0.05, 0) is 50.5 Å². The van der Waals surface area contributed by atoms with E-state index in [1.165, 1.54) is 11.1 Å².